The van der Waals surface area contributed by atoms with Gasteiger partial charge < -0.3 is 9.80 Å². The van der Waals surface area contributed by atoms with Crippen LogP contribution in [0.5, 0.6) is 0 Å². The van der Waals surface area contributed by atoms with E-state index in [4.69, 9.17) is 0 Å². The van der Waals surface area contributed by atoms with Crippen molar-refractivity contribution in [2.45, 2.75) is 47.1 Å². The van der Waals surface area contributed by atoms with E-state index in [0.717, 1.165) is 46.9 Å². The average Bonchev–Trinajstić information content (AvgIpc) is 3.02. The molecule has 0 saturated carbocycles. The van der Waals surface area contributed by atoms with Crippen molar-refractivity contribution in [2.24, 2.45) is 5.41 Å². The third-order valence-electron chi connectivity index (χ3n) is 6.40. The van der Waals surface area contributed by atoms with Crippen molar-refractivity contribution in [3.8, 4) is 0 Å². The highest BCUT2D eigenvalue weighted by Gasteiger charge is 2.37. The molecule has 5 rings (SSSR count). The van der Waals surface area contributed by atoms with Gasteiger partial charge in [0.2, 0.25) is 5.91 Å². The van der Waals surface area contributed by atoms with Crippen LogP contribution in [0.15, 0.2) is 29.3 Å². The van der Waals surface area contributed by atoms with Gasteiger partial charge in [-0.2, -0.15) is 4.52 Å². The Morgan fingerprint density at radius 3 is 2.65 bits per heavy atom. The van der Waals surface area contributed by atoms with Crippen LogP contribution in [0, 0.1) is 19.3 Å². The van der Waals surface area contributed by atoms with E-state index in [1.54, 1.807) is 0 Å². The monoisotopic (exact) mass is 418 g/mol. The zero-order valence-corrected chi connectivity index (χ0v) is 18.3. The molecule has 0 radical (unpaired) electrons. The van der Waals surface area contributed by atoms with Gasteiger partial charge in [-0.15, -0.1) is 5.10 Å². The molecule has 8 nitrogen and oxygen atoms in total. The Kier molecular flexibility index (Phi) is 4.35. The number of nitrogens with zero attached hydrogens (tertiary/aromatic N) is 6. The second-order valence-electron chi connectivity index (χ2n) is 9.38. The molecule has 0 N–H and O–H groups in total. The van der Waals surface area contributed by atoms with Gasteiger partial charge in [0.25, 0.3) is 5.56 Å². The molecule has 5 heterocycles. The molecule has 0 aliphatic carbocycles. The first kappa shape index (κ1) is 19.7. The van der Waals surface area contributed by atoms with E-state index in [0.29, 0.717) is 25.2 Å². The molecule has 160 valence electrons. The first-order valence-electron chi connectivity index (χ1n) is 10.6. The maximum absolute atomic E-state index is 12.5. The molecule has 31 heavy (non-hydrogen) atoms. The Morgan fingerprint density at radius 1 is 1.10 bits per heavy atom. The number of carbonyl (C=O) groups excluding carboxylic acids is 1. The van der Waals surface area contributed by atoms with Gasteiger partial charge in [0.05, 0.1) is 11.9 Å². The van der Waals surface area contributed by atoms with Crippen molar-refractivity contribution in [3.63, 3.8) is 0 Å². The van der Waals surface area contributed by atoms with Crippen LogP contribution in [0.1, 0.15) is 42.7 Å². The van der Waals surface area contributed by atoms with Crippen molar-refractivity contribution in [3.05, 3.63) is 57.3 Å². The van der Waals surface area contributed by atoms with E-state index in [9.17, 15) is 9.59 Å². The lowest BCUT2D eigenvalue weighted by molar-refractivity contribution is -0.117. The van der Waals surface area contributed by atoms with Gasteiger partial charge in [0.15, 0.2) is 11.5 Å². The summed E-state index contributed by atoms with van der Waals surface area (Å²) in [6.45, 7) is 10.3. The zero-order chi connectivity index (χ0) is 21.9. The highest BCUT2D eigenvalue weighted by atomic mass is 16.2. The van der Waals surface area contributed by atoms with Gasteiger partial charge in [0, 0.05) is 61.6 Å². The molecule has 3 aromatic heterocycles. The quantitative estimate of drug-likeness (QED) is 0.636. The summed E-state index contributed by atoms with van der Waals surface area (Å²) >= 11 is 0. The third-order valence-corrected chi connectivity index (χ3v) is 6.40. The summed E-state index contributed by atoms with van der Waals surface area (Å²) in [7, 11) is 0. The molecule has 1 saturated heterocycles. The Morgan fingerprint density at radius 2 is 1.90 bits per heavy atom. The summed E-state index contributed by atoms with van der Waals surface area (Å²) in [6.07, 6.45) is 4.69. The molecular formula is C23H26N6O2. The fourth-order valence-corrected chi connectivity index (χ4v) is 4.61. The number of anilines is 2. The number of hydrogen-bond acceptors (Lipinski definition) is 6. The van der Waals surface area contributed by atoms with Crippen LogP contribution in [0.2, 0.25) is 0 Å². The second-order valence-corrected chi connectivity index (χ2v) is 9.38. The van der Waals surface area contributed by atoms with E-state index in [1.165, 1.54) is 16.8 Å². The summed E-state index contributed by atoms with van der Waals surface area (Å²) < 4.78 is 1.38. The third kappa shape index (κ3) is 3.26. The summed E-state index contributed by atoms with van der Waals surface area (Å²) in [6, 6.07) is 3.51. The lowest BCUT2D eigenvalue weighted by Gasteiger charge is -2.31. The van der Waals surface area contributed by atoms with Crippen molar-refractivity contribution in [1.29, 1.82) is 0 Å². The van der Waals surface area contributed by atoms with E-state index in [1.807, 2.05) is 24.9 Å². The summed E-state index contributed by atoms with van der Waals surface area (Å²) in [5.41, 5.74) is 5.35. The van der Waals surface area contributed by atoms with Crippen molar-refractivity contribution in [2.75, 3.05) is 22.9 Å². The SMILES string of the molecule is Cc1c(N2CCc3ncc(N4CC(C)(C)CC4=O)cc3C2)nn2c(=O)ccnc2c1C. The number of amides is 1. The molecule has 1 fully saturated rings. The highest BCUT2D eigenvalue weighted by molar-refractivity contribution is 5.96. The minimum absolute atomic E-state index is 0.0238. The van der Waals surface area contributed by atoms with Crippen LogP contribution in [0.3, 0.4) is 0 Å². The lowest BCUT2D eigenvalue weighted by Crippen LogP contribution is -2.34. The van der Waals surface area contributed by atoms with E-state index in [-0.39, 0.29) is 16.9 Å². The van der Waals surface area contributed by atoms with Crippen LogP contribution < -0.4 is 15.4 Å². The predicted molar refractivity (Wildman–Crippen MR) is 118 cm³/mol. The molecular weight excluding hydrogens is 392 g/mol. The lowest BCUT2D eigenvalue weighted by atomic mass is 9.93. The Bertz CT molecular complexity index is 1280. The topological polar surface area (TPSA) is 83.7 Å². The first-order chi connectivity index (χ1) is 14.7. The maximum atomic E-state index is 12.5. The van der Waals surface area contributed by atoms with Gasteiger partial charge >= 0.3 is 0 Å². The molecule has 8 heteroatoms. The molecule has 0 spiro atoms. The van der Waals surface area contributed by atoms with Crippen molar-refractivity contribution >= 4 is 23.1 Å². The summed E-state index contributed by atoms with van der Waals surface area (Å²) in [4.78, 5) is 37.9. The van der Waals surface area contributed by atoms with Gasteiger partial charge in [0.1, 0.15) is 0 Å². The predicted octanol–water partition coefficient (Wildman–Crippen LogP) is 2.43. The number of aryl methyl sites for hydroxylation is 1. The molecule has 2 aliphatic rings. The van der Waals surface area contributed by atoms with Gasteiger partial charge in [-0.1, -0.05) is 13.8 Å². The number of carbonyl (C=O) groups is 1. The van der Waals surface area contributed by atoms with Crippen LogP contribution >= 0.6 is 0 Å². The van der Waals surface area contributed by atoms with E-state index < -0.39 is 0 Å². The normalized spacial score (nSPS) is 18.0. The number of rotatable bonds is 2. The second kappa shape index (κ2) is 6.87. The first-order valence-corrected chi connectivity index (χ1v) is 10.6. The Labute approximate surface area is 180 Å². The largest absolute Gasteiger partial charge is 0.350 e. The average molecular weight is 419 g/mol. The number of fused-ring (bicyclic) bond motifs is 2. The van der Waals surface area contributed by atoms with Gasteiger partial charge in [-0.25, -0.2) is 4.98 Å². The Balaban J connectivity index is 1.51. The van der Waals surface area contributed by atoms with E-state index in [2.05, 4.69) is 39.9 Å². The zero-order valence-electron chi connectivity index (χ0n) is 18.3. The summed E-state index contributed by atoms with van der Waals surface area (Å²) in [5, 5.41) is 4.65. The highest BCUT2D eigenvalue weighted by Crippen LogP contribution is 2.35. The molecule has 3 aromatic rings. The molecule has 1 amide bonds. The summed E-state index contributed by atoms with van der Waals surface area (Å²) in [5.74, 6) is 0.934. The standard InChI is InChI=1S/C23H26N6O2/c1-14-15(2)22(26-29-19(30)5-7-24-21(14)29)27-8-6-18-16(12-27)9-17(11-25-18)28-13-23(3,4)10-20(28)31/h5,7,9,11H,6,8,10,12-13H2,1-4H3. The molecule has 0 bridgehead atoms. The van der Waals surface area contributed by atoms with Crippen LogP contribution in [-0.4, -0.2) is 38.6 Å². The van der Waals surface area contributed by atoms with Gasteiger partial charge in [-0.05, 0) is 30.9 Å². The number of aromatic nitrogens is 4. The van der Waals surface area contributed by atoms with Gasteiger partial charge in [-0.3, -0.25) is 14.6 Å². The minimum Gasteiger partial charge on any atom is -0.350 e. The Hall–Kier alpha value is -3.29. The molecule has 2 aliphatic heterocycles. The number of hydrogen-bond donors (Lipinski definition) is 0. The van der Waals surface area contributed by atoms with E-state index >= 15 is 0 Å². The molecule has 0 unspecified atom stereocenters. The molecule has 0 aromatic carbocycles. The van der Waals surface area contributed by atoms with Crippen LogP contribution in [0.4, 0.5) is 11.5 Å². The smallest absolute Gasteiger partial charge is 0.274 e. The minimum atomic E-state index is -0.189. The fraction of sp³-hybridized carbons (Fsp3) is 0.435. The number of pyridine rings is 1. The van der Waals surface area contributed by atoms with Crippen LogP contribution in [0.25, 0.3) is 5.65 Å². The fourth-order valence-electron chi connectivity index (χ4n) is 4.61. The maximum Gasteiger partial charge on any atom is 0.274 e. The molecule has 0 atom stereocenters. The van der Waals surface area contributed by atoms with Crippen molar-refractivity contribution in [1.82, 2.24) is 19.6 Å². The van der Waals surface area contributed by atoms with Crippen LogP contribution in [-0.2, 0) is 17.8 Å². The van der Waals surface area contributed by atoms with Crippen molar-refractivity contribution < 1.29 is 4.79 Å².